The third kappa shape index (κ3) is 3.92. The topological polar surface area (TPSA) is 30.5 Å². The molecule has 3 rings (SSSR count). The van der Waals surface area contributed by atoms with Crippen LogP contribution in [-0.2, 0) is 5.92 Å². The van der Waals surface area contributed by atoms with Crippen LogP contribution in [0.4, 0.5) is 8.78 Å². The molecular formula is C17H16ClF2NO2. The molecule has 0 atom stereocenters. The van der Waals surface area contributed by atoms with E-state index in [-0.39, 0.29) is 17.4 Å². The molecule has 0 aromatic heterocycles. The van der Waals surface area contributed by atoms with Crippen LogP contribution in [0.2, 0.25) is 5.02 Å². The van der Waals surface area contributed by atoms with Crippen molar-refractivity contribution in [3.8, 4) is 11.5 Å². The monoisotopic (exact) mass is 339 g/mol. The van der Waals surface area contributed by atoms with E-state index in [9.17, 15) is 8.78 Å². The van der Waals surface area contributed by atoms with Crippen LogP contribution >= 0.6 is 11.6 Å². The lowest BCUT2D eigenvalue weighted by atomic mass is 10.1. The number of halogens is 3. The van der Waals surface area contributed by atoms with E-state index in [1.54, 1.807) is 36.4 Å². The van der Waals surface area contributed by atoms with Crippen LogP contribution in [0.25, 0.3) is 0 Å². The summed E-state index contributed by atoms with van der Waals surface area (Å²) in [5.74, 6) is -2.44. The molecule has 0 bridgehead atoms. The molecule has 2 aromatic rings. The van der Waals surface area contributed by atoms with Crippen LogP contribution in [0.5, 0.6) is 11.5 Å². The summed E-state index contributed by atoms with van der Waals surface area (Å²) in [7, 11) is 0. The molecular weight excluding hydrogens is 324 g/mol. The Bertz CT molecular complexity index is 663. The van der Waals surface area contributed by atoms with Crippen molar-refractivity contribution >= 4 is 11.6 Å². The van der Waals surface area contributed by atoms with Gasteiger partial charge in [-0.1, -0.05) is 41.9 Å². The van der Waals surface area contributed by atoms with E-state index in [0.29, 0.717) is 23.9 Å². The number of benzene rings is 2. The zero-order valence-corrected chi connectivity index (χ0v) is 13.0. The van der Waals surface area contributed by atoms with Crippen molar-refractivity contribution in [2.24, 2.45) is 0 Å². The van der Waals surface area contributed by atoms with Crippen LogP contribution < -0.4 is 14.8 Å². The Morgan fingerprint density at radius 2 is 1.83 bits per heavy atom. The quantitative estimate of drug-likeness (QED) is 0.867. The molecule has 1 aliphatic rings. The SMILES string of the molecule is FC(F)(COc1ccc(Cl)cc1OC1CNC1)c1ccccc1. The number of rotatable bonds is 6. The highest BCUT2D eigenvalue weighted by Gasteiger charge is 2.33. The third-order valence-electron chi connectivity index (χ3n) is 3.55. The van der Waals surface area contributed by atoms with Gasteiger partial charge in [0.1, 0.15) is 6.10 Å². The molecule has 0 aliphatic carbocycles. The van der Waals surface area contributed by atoms with Gasteiger partial charge in [0, 0.05) is 29.7 Å². The summed E-state index contributed by atoms with van der Waals surface area (Å²) >= 11 is 5.95. The Morgan fingerprint density at radius 3 is 2.48 bits per heavy atom. The standard InChI is InChI=1S/C17H16ClF2NO2/c18-13-6-7-15(16(8-13)23-14-9-21-10-14)22-11-17(19,20)12-4-2-1-3-5-12/h1-8,14,21H,9-11H2. The van der Waals surface area contributed by atoms with E-state index in [4.69, 9.17) is 21.1 Å². The highest BCUT2D eigenvalue weighted by molar-refractivity contribution is 6.30. The van der Waals surface area contributed by atoms with Crippen molar-refractivity contribution < 1.29 is 18.3 Å². The summed E-state index contributed by atoms with van der Waals surface area (Å²) in [5.41, 5.74) is -0.0837. The first kappa shape index (κ1) is 16.0. The molecule has 0 saturated carbocycles. The molecule has 122 valence electrons. The van der Waals surface area contributed by atoms with E-state index in [1.807, 2.05) is 0 Å². The van der Waals surface area contributed by atoms with E-state index in [1.165, 1.54) is 12.1 Å². The number of nitrogens with one attached hydrogen (secondary N) is 1. The third-order valence-corrected chi connectivity index (χ3v) is 3.78. The van der Waals surface area contributed by atoms with E-state index >= 15 is 0 Å². The average molecular weight is 340 g/mol. The fraction of sp³-hybridized carbons (Fsp3) is 0.294. The predicted molar refractivity (Wildman–Crippen MR) is 84.6 cm³/mol. The van der Waals surface area contributed by atoms with Crippen LogP contribution in [0, 0.1) is 0 Å². The maximum Gasteiger partial charge on any atom is 0.306 e. The van der Waals surface area contributed by atoms with Gasteiger partial charge in [0.2, 0.25) is 0 Å². The minimum absolute atomic E-state index is 0.00505. The summed E-state index contributed by atoms with van der Waals surface area (Å²) in [6.07, 6.45) is 0.00505. The molecule has 1 N–H and O–H groups in total. The Labute approximate surface area is 138 Å². The predicted octanol–water partition coefficient (Wildman–Crippen LogP) is 3.86. The molecule has 0 spiro atoms. The minimum atomic E-state index is -3.09. The molecule has 1 heterocycles. The fourth-order valence-electron chi connectivity index (χ4n) is 2.15. The van der Waals surface area contributed by atoms with Gasteiger partial charge >= 0.3 is 5.92 Å². The Morgan fingerprint density at radius 1 is 1.09 bits per heavy atom. The first-order valence-electron chi connectivity index (χ1n) is 7.28. The van der Waals surface area contributed by atoms with Crippen molar-refractivity contribution in [3.63, 3.8) is 0 Å². The average Bonchev–Trinajstić information content (AvgIpc) is 2.51. The van der Waals surface area contributed by atoms with Gasteiger partial charge in [-0.25, -0.2) is 0 Å². The summed E-state index contributed by atoms with van der Waals surface area (Å²) < 4.78 is 39.4. The van der Waals surface area contributed by atoms with Crippen LogP contribution in [-0.4, -0.2) is 25.8 Å². The molecule has 0 unspecified atom stereocenters. The van der Waals surface area contributed by atoms with Crippen LogP contribution in [0.3, 0.4) is 0 Å². The van der Waals surface area contributed by atoms with Crippen molar-refractivity contribution in [1.82, 2.24) is 5.32 Å². The van der Waals surface area contributed by atoms with Gasteiger partial charge in [0.25, 0.3) is 0 Å². The zero-order chi connectivity index (χ0) is 16.3. The van der Waals surface area contributed by atoms with Crippen molar-refractivity contribution in [2.45, 2.75) is 12.0 Å². The van der Waals surface area contributed by atoms with Crippen molar-refractivity contribution in [1.29, 1.82) is 0 Å². The molecule has 3 nitrogen and oxygen atoms in total. The highest BCUT2D eigenvalue weighted by atomic mass is 35.5. The van der Waals surface area contributed by atoms with Gasteiger partial charge < -0.3 is 14.8 Å². The van der Waals surface area contributed by atoms with E-state index in [0.717, 1.165) is 0 Å². The summed E-state index contributed by atoms with van der Waals surface area (Å²) in [6.45, 7) is 0.663. The lowest BCUT2D eigenvalue weighted by Gasteiger charge is -2.29. The van der Waals surface area contributed by atoms with Gasteiger partial charge in [0.15, 0.2) is 18.1 Å². The van der Waals surface area contributed by atoms with Gasteiger partial charge in [0.05, 0.1) is 0 Å². The molecule has 1 saturated heterocycles. The molecule has 6 heteroatoms. The number of hydrogen-bond acceptors (Lipinski definition) is 3. The molecule has 23 heavy (non-hydrogen) atoms. The second-order valence-corrected chi connectivity index (χ2v) is 5.78. The lowest BCUT2D eigenvalue weighted by molar-refractivity contribution is -0.0476. The lowest BCUT2D eigenvalue weighted by Crippen LogP contribution is -2.50. The molecule has 2 aromatic carbocycles. The second-order valence-electron chi connectivity index (χ2n) is 5.35. The number of ether oxygens (including phenoxy) is 2. The van der Waals surface area contributed by atoms with Crippen molar-refractivity contribution in [3.05, 3.63) is 59.1 Å². The maximum atomic E-state index is 14.2. The molecule has 1 fully saturated rings. The Kier molecular flexibility index (Phi) is 4.68. The van der Waals surface area contributed by atoms with Crippen LogP contribution in [0.1, 0.15) is 5.56 Å². The van der Waals surface area contributed by atoms with Gasteiger partial charge in [-0.05, 0) is 12.1 Å². The number of alkyl halides is 2. The molecule has 0 amide bonds. The zero-order valence-electron chi connectivity index (χ0n) is 12.3. The fourth-order valence-corrected chi connectivity index (χ4v) is 2.31. The van der Waals surface area contributed by atoms with Gasteiger partial charge in [-0.3, -0.25) is 0 Å². The number of hydrogen-bond donors (Lipinski definition) is 1. The van der Waals surface area contributed by atoms with Gasteiger partial charge in [-0.2, -0.15) is 8.78 Å². The first-order valence-corrected chi connectivity index (χ1v) is 7.65. The second kappa shape index (κ2) is 6.72. The summed E-state index contributed by atoms with van der Waals surface area (Å²) in [4.78, 5) is 0. The largest absolute Gasteiger partial charge is 0.484 e. The maximum absolute atomic E-state index is 14.2. The highest BCUT2D eigenvalue weighted by Crippen LogP contribution is 2.34. The molecule has 1 aliphatic heterocycles. The van der Waals surface area contributed by atoms with E-state index in [2.05, 4.69) is 5.32 Å². The summed E-state index contributed by atoms with van der Waals surface area (Å²) in [5, 5.41) is 3.54. The van der Waals surface area contributed by atoms with Gasteiger partial charge in [-0.15, -0.1) is 0 Å². The Balaban J connectivity index is 1.72. The summed E-state index contributed by atoms with van der Waals surface area (Å²) in [6, 6.07) is 12.3. The normalized spacial score (nSPS) is 15.1. The van der Waals surface area contributed by atoms with Crippen LogP contribution in [0.15, 0.2) is 48.5 Å². The smallest absolute Gasteiger partial charge is 0.306 e. The Hall–Kier alpha value is -1.85. The first-order chi connectivity index (χ1) is 11.0. The van der Waals surface area contributed by atoms with Crippen molar-refractivity contribution in [2.75, 3.05) is 19.7 Å². The minimum Gasteiger partial charge on any atom is -0.484 e. The van der Waals surface area contributed by atoms with E-state index < -0.39 is 12.5 Å². The molecule has 0 radical (unpaired) electrons.